The summed E-state index contributed by atoms with van der Waals surface area (Å²) in [5.41, 5.74) is 2.33. The molecule has 4 N–H and O–H groups in total. The number of hydrogen-bond donors (Lipinski definition) is 4. The second-order valence-corrected chi connectivity index (χ2v) is 4.89. The van der Waals surface area contributed by atoms with Gasteiger partial charge in [0.15, 0.2) is 5.11 Å². The van der Waals surface area contributed by atoms with E-state index in [4.69, 9.17) is 17.3 Å². The van der Waals surface area contributed by atoms with E-state index in [1.165, 1.54) is 18.2 Å². The van der Waals surface area contributed by atoms with Crippen molar-refractivity contribution in [1.29, 1.82) is 0 Å². The van der Waals surface area contributed by atoms with Crippen molar-refractivity contribution >= 4 is 34.7 Å². The second kappa shape index (κ2) is 6.23. The lowest BCUT2D eigenvalue weighted by atomic mass is 10.2. The summed E-state index contributed by atoms with van der Waals surface area (Å²) in [4.78, 5) is 10.8. The Balaban J connectivity index is 2.04. The van der Waals surface area contributed by atoms with Crippen molar-refractivity contribution in [3.05, 3.63) is 53.6 Å². The summed E-state index contributed by atoms with van der Waals surface area (Å²) in [5.74, 6) is -1.50. The summed E-state index contributed by atoms with van der Waals surface area (Å²) in [6.45, 7) is 1.99. The highest BCUT2D eigenvalue weighted by Crippen LogP contribution is 2.22. The van der Waals surface area contributed by atoms with Gasteiger partial charge in [0, 0.05) is 17.4 Å². The Hall–Kier alpha value is -2.60. The minimum atomic E-state index is -1.18. The number of hydrogen-bond acceptors (Lipinski definition) is 3. The Morgan fingerprint density at radius 3 is 2.19 bits per heavy atom. The zero-order valence-corrected chi connectivity index (χ0v) is 12.1. The molecule has 6 heteroatoms. The third kappa shape index (κ3) is 3.93. The number of phenols is 1. The van der Waals surface area contributed by atoms with Crippen LogP contribution in [0.1, 0.15) is 15.9 Å². The van der Waals surface area contributed by atoms with Crippen LogP contribution in [-0.2, 0) is 0 Å². The molecule has 0 aromatic heterocycles. The lowest BCUT2D eigenvalue weighted by Crippen LogP contribution is -2.19. The first-order valence-electron chi connectivity index (χ1n) is 6.16. The molecule has 0 saturated heterocycles. The maximum absolute atomic E-state index is 10.8. The molecule has 2 rings (SSSR count). The fourth-order valence-electron chi connectivity index (χ4n) is 1.72. The monoisotopic (exact) mass is 302 g/mol. The van der Waals surface area contributed by atoms with Gasteiger partial charge in [-0.1, -0.05) is 17.7 Å². The number of thiocarbonyl (C=S) groups is 1. The van der Waals surface area contributed by atoms with Gasteiger partial charge in [-0.3, -0.25) is 0 Å². The molecule has 2 aromatic carbocycles. The predicted octanol–water partition coefficient (Wildman–Crippen LogP) is 3.21. The molecule has 0 heterocycles. The van der Waals surface area contributed by atoms with Crippen LogP contribution in [0.2, 0.25) is 0 Å². The minimum Gasteiger partial charge on any atom is -0.507 e. The normalized spacial score (nSPS) is 9.95. The second-order valence-electron chi connectivity index (χ2n) is 4.48. The van der Waals surface area contributed by atoms with Gasteiger partial charge in [0.1, 0.15) is 11.3 Å². The zero-order valence-electron chi connectivity index (χ0n) is 11.3. The van der Waals surface area contributed by atoms with E-state index < -0.39 is 5.97 Å². The van der Waals surface area contributed by atoms with Crippen LogP contribution in [0.15, 0.2) is 42.5 Å². The maximum Gasteiger partial charge on any atom is 0.339 e. The van der Waals surface area contributed by atoms with Crippen molar-refractivity contribution < 1.29 is 15.0 Å². The highest BCUT2D eigenvalue weighted by molar-refractivity contribution is 7.80. The van der Waals surface area contributed by atoms with E-state index in [9.17, 15) is 9.90 Å². The summed E-state index contributed by atoms with van der Waals surface area (Å²) < 4.78 is 0. The van der Waals surface area contributed by atoms with E-state index in [1.807, 2.05) is 31.2 Å². The van der Waals surface area contributed by atoms with Gasteiger partial charge in [-0.15, -0.1) is 0 Å². The first-order chi connectivity index (χ1) is 9.95. The number of carboxylic acids is 1. The first-order valence-corrected chi connectivity index (χ1v) is 6.57. The van der Waals surface area contributed by atoms with E-state index in [-0.39, 0.29) is 11.3 Å². The van der Waals surface area contributed by atoms with Crippen LogP contribution in [0, 0.1) is 6.92 Å². The summed E-state index contributed by atoms with van der Waals surface area (Å²) in [5, 5.41) is 24.7. The number of carboxylic acid groups (broad SMARTS) is 1. The van der Waals surface area contributed by atoms with Gasteiger partial charge in [0.2, 0.25) is 0 Å². The quantitative estimate of drug-likeness (QED) is 0.652. The lowest BCUT2D eigenvalue weighted by molar-refractivity contribution is 0.0694. The number of rotatable bonds is 3. The van der Waals surface area contributed by atoms with Crippen molar-refractivity contribution in [3.8, 4) is 5.75 Å². The predicted molar refractivity (Wildman–Crippen MR) is 86.1 cm³/mol. The number of aryl methyl sites for hydroxylation is 1. The Bertz CT molecular complexity index is 684. The molecule has 0 aliphatic rings. The van der Waals surface area contributed by atoms with E-state index in [0.29, 0.717) is 10.8 Å². The number of anilines is 2. The van der Waals surface area contributed by atoms with Crippen LogP contribution in [0.3, 0.4) is 0 Å². The molecule has 108 valence electrons. The summed E-state index contributed by atoms with van der Waals surface area (Å²) >= 11 is 5.16. The number of benzene rings is 2. The van der Waals surface area contributed by atoms with Crippen molar-refractivity contribution in [2.75, 3.05) is 10.6 Å². The average Bonchev–Trinajstić information content (AvgIpc) is 2.41. The summed E-state index contributed by atoms with van der Waals surface area (Å²) in [6, 6.07) is 11.9. The van der Waals surface area contributed by atoms with Crippen LogP contribution in [0.4, 0.5) is 11.4 Å². The maximum atomic E-state index is 10.8. The summed E-state index contributed by atoms with van der Waals surface area (Å²) in [7, 11) is 0. The molecule has 0 amide bonds. The molecule has 0 radical (unpaired) electrons. The Morgan fingerprint density at radius 2 is 1.62 bits per heavy atom. The number of aromatic hydroxyl groups is 1. The molecule has 0 unspecified atom stereocenters. The molecule has 0 fully saturated rings. The van der Waals surface area contributed by atoms with Gasteiger partial charge in [-0.25, -0.2) is 4.79 Å². The Morgan fingerprint density at radius 1 is 1.05 bits per heavy atom. The van der Waals surface area contributed by atoms with Crippen LogP contribution < -0.4 is 10.6 Å². The standard InChI is InChI=1S/C15H14N2O3S/c1-9-2-4-10(5-3-9)16-15(21)17-11-6-7-12(14(19)20)13(18)8-11/h2-8,18H,1H3,(H,19,20)(H2,16,17,21). The smallest absolute Gasteiger partial charge is 0.339 e. The van der Waals surface area contributed by atoms with Crippen molar-refractivity contribution in [1.82, 2.24) is 0 Å². The molecular weight excluding hydrogens is 288 g/mol. The topological polar surface area (TPSA) is 81.6 Å². The van der Waals surface area contributed by atoms with Crippen molar-refractivity contribution in [3.63, 3.8) is 0 Å². The van der Waals surface area contributed by atoms with E-state index in [0.717, 1.165) is 11.3 Å². The largest absolute Gasteiger partial charge is 0.507 e. The number of nitrogens with one attached hydrogen (secondary N) is 2. The fraction of sp³-hybridized carbons (Fsp3) is 0.0667. The number of carbonyl (C=O) groups is 1. The highest BCUT2D eigenvalue weighted by Gasteiger charge is 2.10. The van der Waals surface area contributed by atoms with Crippen molar-refractivity contribution in [2.24, 2.45) is 0 Å². The molecule has 0 bridgehead atoms. The van der Waals surface area contributed by atoms with Crippen LogP contribution >= 0.6 is 12.2 Å². The average molecular weight is 302 g/mol. The molecule has 0 aliphatic heterocycles. The molecule has 5 nitrogen and oxygen atoms in total. The molecule has 0 spiro atoms. The fourth-order valence-corrected chi connectivity index (χ4v) is 1.96. The van der Waals surface area contributed by atoms with Gasteiger partial charge < -0.3 is 20.8 Å². The van der Waals surface area contributed by atoms with Crippen molar-refractivity contribution in [2.45, 2.75) is 6.92 Å². The van der Waals surface area contributed by atoms with Crippen LogP contribution in [-0.4, -0.2) is 21.3 Å². The van der Waals surface area contributed by atoms with E-state index in [1.54, 1.807) is 0 Å². The molecule has 2 aromatic rings. The van der Waals surface area contributed by atoms with Gasteiger partial charge >= 0.3 is 5.97 Å². The summed E-state index contributed by atoms with van der Waals surface area (Å²) in [6.07, 6.45) is 0. The Labute approximate surface area is 127 Å². The SMILES string of the molecule is Cc1ccc(NC(=S)Nc2ccc(C(=O)O)c(O)c2)cc1. The van der Waals surface area contributed by atoms with Gasteiger partial charge in [0.05, 0.1) is 0 Å². The molecular formula is C15H14N2O3S. The zero-order chi connectivity index (χ0) is 15.4. The van der Waals surface area contributed by atoms with Gasteiger partial charge in [0.25, 0.3) is 0 Å². The third-order valence-electron chi connectivity index (χ3n) is 2.80. The molecule has 0 aliphatic carbocycles. The van der Waals surface area contributed by atoms with Crippen LogP contribution in [0.5, 0.6) is 5.75 Å². The van der Waals surface area contributed by atoms with Crippen LogP contribution in [0.25, 0.3) is 0 Å². The van der Waals surface area contributed by atoms with E-state index in [2.05, 4.69) is 10.6 Å². The number of aromatic carboxylic acids is 1. The van der Waals surface area contributed by atoms with E-state index >= 15 is 0 Å². The van der Waals surface area contributed by atoms with Gasteiger partial charge in [-0.05, 0) is 43.4 Å². The lowest BCUT2D eigenvalue weighted by Gasteiger charge is -2.11. The molecule has 0 saturated carbocycles. The molecule has 0 atom stereocenters. The highest BCUT2D eigenvalue weighted by atomic mass is 32.1. The Kier molecular flexibility index (Phi) is 4.39. The first kappa shape index (κ1) is 14.8. The minimum absolute atomic E-state index is 0.155. The third-order valence-corrected chi connectivity index (χ3v) is 3.00. The molecule has 21 heavy (non-hydrogen) atoms. The van der Waals surface area contributed by atoms with Gasteiger partial charge in [-0.2, -0.15) is 0 Å².